The number of nitrogens with one attached hydrogen (secondary N) is 1. The predicted molar refractivity (Wildman–Crippen MR) is 113 cm³/mol. The smallest absolute Gasteiger partial charge is 0.264 e. The van der Waals surface area contributed by atoms with Gasteiger partial charge in [0.05, 0.1) is 26.2 Å². The van der Waals surface area contributed by atoms with Crippen molar-refractivity contribution in [1.29, 1.82) is 0 Å². The quantitative estimate of drug-likeness (QED) is 0.510. The molecular weight excluding hydrogens is 419 g/mol. The van der Waals surface area contributed by atoms with Gasteiger partial charge in [-0.05, 0) is 60.3 Å². The van der Waals surface area contributed by atoms with Crippen LogP contribution in [0, 0.1) is 0 Å². The number of hydrogen-bond acceptors (Lipinski definition) is 5. The Labute approximate surface area is 174 Å². The number of furan rings is 1. The molecule has 3 aromatic rings. The lowest BCUT2D eigenvalue weighted by Crippen LogP contribution is -2.19. The summed E-state index contributed by atoms with van der Waals surface area (Å²) in [6.45, 7) is 0. The van der Waals surface area contributed by atoms with Gasteiger partial charge in [0.25, 0.3) is 5.91 Å². The summed E-state index contributed by atoms with van der Waals surface area (Å²) < 4.78 is 5.80. The highest BCUT2D eigenvalue weighted by Crippen LogP contribution is 2.36. The van der Waals surface area contributed by atoms with Crippen LogP contribution in [0.5, 0.6) is 5.75 Å². The molecule has 1 aromatic heterocycles. The molecule has 1 amide bonds. The third-order valence-electron chi connectivity index (χ3n) is 3.84. The van der Waals surface area contributed by atoms with Crippen molar-refractivity contribution in [3.05, 3.63) is 75.3 Å². The maximum atomic E-state index is 12.2. The summed E-state index contributed by atoms with van der Waals surface area (Å²) in [5, 5.41) is 13.4. The van der Waals surface area contributed by atoms with Crippen molar-refractivity contribution in [2.45, 2.75) is 0 Å². The zero-order chi connectivity index (χ0) is 19.7. The number of amidine groups is 1. The van der Waals surface area contributed by atoms with Crippen LogP contribution in [0.1, 0.15) is 5.76 Å². The molecule has 0 atom stereocenters. The fraction of sp³-hybridized carbons (Fsp3) is 0. The standard InChI is InChI=1S/C20H12Cl2N2O3S/c21-14-2-1-3-15(22)18(14)16-9-8-13(27-16)10-17-19(26)24-20(28-17)23-11-4-6-12(25)7-5-11/h1-10,25H,(H,23,24,26)/b17-10+. The van der Waals surface area contributed by atoms with Crippen molar-refractivity contribution in [2.24, 2.45) is 4.99 Å². The number of phenols is 1. The number of phenolic OH excluding ortho intramolecular Hbond substituents is 1. The SMILES string of the molecule is O=C1NC(=Nc2ccc(O)cc2)S/C1=C/c1ccc(-c2c(Cl)cccc2Cl)o1. The zero-order valence-electron chi connectivity index (χ0n) is 14.1. The fourth-order valence-corrected chi connectivity index (χ4v) is 3.96. The largest absolute Gasteiger partial charge is 0.508 e. The lowest BCUT2D eigenvalue weighted by molar-refractivity contribution is -0.115. The van der Waals surface area contributed by atoms with Crippen molar-refractivity contribution in [1.82, 2.24) is 5.32 Å². The summed E-state index contributed by atoms with van der Waals surface area (Å²) in [5.74, 6) is 0.898. The highest BCUT2D eigenvalue weighted by molar-refractivity contribution is 8.18. The van der Waals surface area contributed by atoms with Gasteiger partial charge in [0.1, 0.15) is 17.3 Å². The Hall–Kier alpha value is -2.67. The van der Waals surface area contributed by atoms with Crippen LogP contribution in [0.3, 0.4) is 0 Å². The van der Waals surface area contributed by atoms with E-state index in [4.69, 9.17) is 27.6 Å². The van der Waals surface area contributed by atoms with Gasteiger partial charge in [-0.25, -0.2) is 4.99 Å². The molecule has 0 radical (unpaired) electrons. The lowest BCUT2D eigenvalue weighted by atomic mass is 10.2. The molecule has 0 aliphatic carbocycles. The van der Waals surface area contributed by atoms with Gasteiger partial charge >= 0.3 is 0 Å². The predicted octanol–water partition coefficient (Wildman–Crippen LogP) is 5.85. The molecule has 28 heavy (non-hydrogen) atoms. The van der Waals surface area contributed by atoms with Crippen molar-refractivity contribution < 1.29 is 14.3 Å². The first kappa shape index (κ1) is 18.7. The minimum atomic E-state index is -0.267. The summed E-state index contributed by atoms with van der Waals surface area (Å²) in [6.07, 6.45) is 1.63. The summed E-state index contributed by atoms with van der Waals surface area (Å²) >= 11 is 13.6. The highest BCUT2D eigenvalue weighted by atomic mass is 35.5. The molecule has 8 heteroatoms. The van der Waals surface area contributed by atoms with Crippen LogP contribution in [-0.2, 0) is 4.79 Å². The van der Waals surface area contributed by atoms with E-state index < -0.39 is 0 Å². The van der Waals surface area contributed by atoms with E-state index in [-0.39, 0.29) is 11.7 Å². The van der Waals surface area contributed by atoms with Gasteiger partial charge in [-0.2, -0.15) is 0 Å². The second kappa shape index (κ2) is 7.75. The Balaban J connectivity index is 1.57. The second-order valence-electron chi connectivity index (χ2n) is 5.80. The summed E-state index contributed by atoms with van der Waals surface area (Å²) in [4.78, 5) is 17.0. The number of carbonyl (C=O) groups is 1. The molecule has 1 saturated heterocycles. The lowest BCUT2D eigenvalue weighted by Gasteiger charge is -2.02. The first-order chi connectivity index (χ1) is 13.5. The number of aliphatic imine (C=N–C) groups is 1. The number of benzene rings is 2. The fourth-order valence-electron chi connectivity index (χ4n) is 2.55. The first-order valence-corrected chi connectivity index (χ1v) is 9.70. The summed E-state index contributed by atoms with van der Waals surface area (Å²) in [7, 11) is 0. The number of thioether (sulfide) groups is 1. The second-order valence-corrected chi connectivity index (χ2v) is 7.64. The van der Waals surface area contributed by atoms with Crippen LogP contribution in [0.15, 0.2) is 68.9 Å². The number of aromatic hydroxyl groups is 1. The van der Waals surface area contributed by atoms with Crippen molar-refractivity contribution in [3.63, 3.8) is 0 Å². The van der Waals surface area contributed by atoms with Crippen molar-refractivity contribution in [3.8, 4) is 17.1 Å². The molecule has 2 aromatic carbocycles. The van der Waals surface area contributed by atoms with E-state index in [0.717, 1.165) is 0 Å². The molecule has 5 nitrogen and oxygen atoms in total. The summed E-state index contributed by atoms with van der Waals surface area (Å²) in [6, 6.07) is 15.1. The van der Waals surface area contributed by atoms with Crippen LogP contribution in [0.25, 0.3) is 17.4 Å². The average Bonchev–Trinajstić information content (AvgIpc) is 3.24. The zero-order valence-corrected chi connectivity index (χ0v) is 16.5. The molecule has 0 spiro atoms. The minimum Gasteiger partial charge on any atom is -0.508 e. The normalized spacial score (nSPS) is 16.7. The third-order valence-corrected chi connectivity index (χ3v) is 5.38. The Kier molecular flexibility index (Phi) is 5.17. The van der Waals surface area contributed by atoms with Crippen LogP contribution >= 0.6 is 35.0 Å². The molecular formula is C20H12Cl2N2O3S. The number of amides is 1. The molecule has 1 aliphatic heterocycles. The minimum absolute atomic E-state index is 0.153. The van der Waals surface area contributed by atoms with Gasteiger partial charge in [0.2, 0.25) is 0 Å². The third kappa shape index (κ3) is 3.94. The van der Waals surface area contributed by atoms with Gasteiger partial charge < -0.3 is 14.8 Å². The monoisotopic (exact) mass is 430 g/mol. The van der Waals surface area contributed by atoms with Crippen LogP contribution in [0.4, 0.5) is 5.69 Å². The van der Waals surface area contributed by atoms with Gasteiger partial charge in [-0.1, -0.05) is 29.3 Å². The number of hydrogen-bond donors (Lipinski definition) is 2. The Bertz CT molecular complexity index is 1100. The molecule has 140 valence electrons. The Morgan fingerprint density at radius 3 is 2.46 bits per heavy atom. The Morgan fingerprint density at radius 1 is 1.04 bits per heavy atom. The van der Waals surface area contributed by atoms with E-state index in [1.165, 1.54) is 23.9 Å². The van der Waals surface area contributed by atoms with E-state index in [2.05, 4.69) is 10.3 Å². The van der Waals surface area contributed by atoms with E-state index in [1.54, 1.807) is 48.5 Å². The molecule has 1 aliphatic rings. The number of rotatable bonds is 3. The number of nitrogens with zero attached hydrogens (tertiary/aromatic N) is 1. The van der Waals surface area contributed by atoms with E-state index in [9.17, 15) is 9.90 Å². The molecule has 1 fully saturated rings. The van der Waals surface area contributed by atoms with E-state index >= 15 is 0 Å². The van der Waals surface area contributed by atoms with Crippen LogP contribution in [0.2, 0.25) is 10.0 Å². The molecule has 4 rings (SSSR count). The highest BCUT2D eigenvalue weighted by Gasteiger charge is 2.24. The van der Waals surface area contributed by atoms with Gasteiger partial charge in [-0.3, -0.25) is 4.79 Å². The molecule has 0 saturated carbocycles. The maximum absolute atomic E-state index is 12.2. The van der Waals surface area contributed by atoms with Gasteiger partial charge in [-0.15, -0.1) is 0 Å². The van der Waals surface area contributed by atoms with E-state index in [0.29, 0.717) is 42.9 Å². The van der Waals surface area contributed by atoms with E-state index in [1.807, 2.05) is 0 Å². The van der Waals surface area contributed by atoms with Gasteiger partial charge in [0, 0.05) is 6.08 Å². The molecule has 2 heterocycles. The van der Waals surface area contributed by atoms with Crippen molar-refractivity contribution in [2.75, 3.05) is 0 Å². The maximum Gasteiger partial charge on any atom is 0.264 e. The van der Waals surface area contributed by atoms with Crippen molar-refractivity contribution >= 4 is 57.8 Å². The van der Waals surface area contributed by atoms with Gasteiger partial charge in [0.15, 0.2) is 5.17 Å². The Morgan fingerprint density at radius 2 is 1.75 bits per heavy atom. The topological polar surface area (TPSA) is 74.8 Å². The molecule has 2 N–H and O–H groups in total. The van der Waals surface area contributed by atoms with Crippen LogP contribution in [-0.4, -0.2) is 16.2 Å². The average molecular weight is 431 g/mol. The summed E-state index contributed by atoms with van der Waals surface area (Å²) in [5.41, 5.74) is 1.23. The number of halogens is 2. The van der Waals surface area contributed by atoms with Crippen LogP contribution < -0.4 is 5.32 Å². The first-order valence-electron chi connectivity index (χ1n) is 8.12. The molecule has 0 unspecified atom stereocenters. The molecule has 0 bridgehead atoms. The number of carbonyl (C=O) groups excluding carboxylic acids is 1.